The third kappa shape index (κ3) is 3.09. The van der Waals surface area contributed by atoms with E-state index in [1.807, 2.05) is 32.0 Å². The van der Waals surface area contributed by atoms with Crippen molar-refractivity contribution in [3.05, 3.63) is 64.3 Å². The van der Waals surface area contributed by atoms with Crippen LogP contribution in [-0.4, -0.2) is 20.9 Å². The van der Waals surface area contributed by atoms with Crippen molar-refractivity contribution in [1.82, 2.24) is 15.0 Å². The van der Waals surface area contributed by atoms with Gasteiger partial charge in [-0.05, 0) is 55.3 Å². The number of aromatic nitrogens is 3. The van der Waals surface area contributed by atoms with Crippen molar-refractivity contribution in [2.24, 2.45) is 0 Å². The van der Waals surface area contributed by atoms with Crippen molar-refractivity contribution < 1.29 is 4.79 Å². The minimum Gasteiger partial charge on any atom is -0.382 e. The second-order valence-corrected chi connectivity index (χ2v) is 5.92. The largest absolute Gasteiger partial charge is 0.382 e. The van der Waals surface area contributed by atoms with Gasteiger partial charge < -0.3 is 11.1 Å². The number of anilines is 2. The molecule has 1 heterocycles. The van der Waals surface area contributed by atoms with Crippen LogP contribution >= 0.6 is 11.6 Å². The van der Waals surface area contributed by atoms with Crippen LogP contribution in [0.3, 0.4) is 0 Å². The van der Waals surface area contributed by atoms with E-state index in [9.17, 15) is 4.79 Å². The molecule has 0 bridgehead atoms. The Balaban J connectivity index is 1.89. The lowest BCUT2D eigenvalue weighted by Crippen LogP contribution is -2.15. The summed E-state index contributed by atoms with van der Waals surface area (Å²) in [6.07, 6.45) is 0. The van der Waals surface area contributed by atoms with Crippen molar-refractivity contribution in [2.75, 3.05) is 11.1 Å². The Morgan fingerprint density at radius 1 is 1.17 bits per heavy atom. The van der Waals surface area contributed by atoms with Gasteiger partial charge in [-0.15, -0.1) is 5.10 Å². The van der Waals surface area contributed by atoms with Gasteiger partial charge in [0.1, 0.15) is 0 Å². The van der Waals surface area contributed by atoms with Crippen LogP contribution in [0.15, 0.2) is 42.5 Å². The molecule has 6 nitrogen and oxygen atoms in total. The first-order valence-electron chi connectivity index (χ1n) is 7.31. The Bertz CT molecular complexity index is 902. The highest BCUT2D eigenvalue weighted by atomic mass is 35.5. The normalized spacial score (nSPS) is 10.6. The van der Waals surface area contributed by atoms with Gasteiger partial charge in [-0.3, -0.25) is 4.79 Å². The number of hydrogen-bond acceptors (Lipinski definition) is 4. The molecule has 0 spiro atoms. The summed E-state index contributed by atoms with van der Waals surface area (Å²) >= 11 is 5.87. The Hall–Kier alpha value is -2.86. The maximum atomic E-state index is 12.5. The summed E-state index contributed by atoms with van der Waals surface area (Å²) in [7, 11) is 0. The van der Waals surface area contributed by atoms with Gasteiger partial charge in [-0.1, -0.05) is 28.9 Å². The van der Waals surface area contributed by atoms with Crippen molar-refractivity contribution in [3.8, 4) is 5.69 Å². The molecule has 0 unspecified atom stereocenters. The Morgan fingerprint density at radius 2 is 1.88 bits per heavy atom. The zero-order valence-electron chi connectivity index (χ0n) is 13.2. The molecule has 1 aromatic heterocycles. The minimum absolute atomic E-state index is 0.0749. The lowest BCUT2D eigenvalue weighted by Gasteiger charge is -2.08. The van der Waals surface area contributed by atoms with Crippen molar-refractivity contribution in [2.45, 2.75) is 13.8 Å². The molecule has 122 valence electrons. The molecule has 7 heteroatoms. The summed E-state index contributed by atoms with van der Waals surface area (Å²) in [4.78, 5) is 12.5. The number of nitrogens with zero attached hydrogens (tertiary/aromatic N) is 3. The molecule has 0 radical (unpaired) electrons. The highest BCUT2D eigenvalue weighted by Gasteiger charge is 2.19. The standard InChI is InChI=1S/C17H16ClN5O/c1-10-3-4-11(2)14(9-10)20-17(24)15-16(19)23(22-21-15)13-7-5-12(18)6-8-13/h3-9H,19H2,1-2H3,(H,20,24). The number of carbonyl (C=O) groups is 1. The Labute approximate surface area is 144 Å². The molecule has 24 heavy (non-hydrogen) atoms. The zero-order chi connectivity index (χ0) is 17.3. The second kappa shape index (κ2) is 6.33. The third-order valence-electron chi connectivity index (χ3n) is 3.63. The number of nitrogen functional groups attached to an aromatic ring is 1. The van der Waals surface area contributed by atoms with E-state index in [1.54, 1.807) is 24.3 Å². The summed E-state index contributed by atoms with van der Waals surface area (Å²) in [6.45, 7) is 3.88. The summed E-state index contributed by atoms with van der Waals surface area (Å²) in [5, 5.41) is 11.3. The molecule has 3 aromatic rings. The number of rotatable bonds is 3. The summed E-state index contributed by atoms with van der Waals surface area (Å²) in [6, 6.07) is 12.8. The van der Waals surface area contributed by atoms with Gasteiger partial charge in [0, 0.05) is 10.7 Å². The summed E-state index contributed by atoms with van der Waals surface area (Å²) in [5.41, 5.74) is 9.52. The Morgan fingerprint density at radius 3 is 2.58 bits per heavy atom. The fourth-order valence-electron chi connectivity index (χ4n) is 2.28. The van der Waals surface area contributed by atoms with Crippen LogP contribution in [0.1, 0.15) is 21.6 Å². The van der Waals surface area contributed by atoms with E-state index >= 15 is 0 Å². The molecule has 1 amide bonds. The van der Waals surface area contributed by atoms with Gasteiger partial charge >= 0.3 is 0 Å². The van der Waals surface area contributed by atoms with E-state index < -0.39 is 5.91 Å². The highest BCUT2D eigenvalue weighted by Crippen LogP contribution is 2.20. The number of halogens is 1. The molecule has 0 aliphatic heterocycles. The minimum atomic E-state index is -0.401. The predicted molar refractivity (Wildman–Crippen MR) is 94.7 cm³/mol. The molecule has 0 atom stereocenters. The number of nitrogens with two attached hydrogens (primary N) is 1. The predicted octanol–water partition coefficient (Wildman–Crippen LogP) is 3.37. The molecule has 2 aromatic carbocycles. The first kappa shape index (κ1) is 16.0. The zero-order valence-corrected chi connectivity index (χ0v) is 14.0. The summed E-state index contributed by atoms with van der Waals surface area (Å²) in [5.74, 6) is -0.235. The van der Waals surface area contributed by atoms with Crippen LogP contribution in [0, 0.1) is 13.8 Å². The van der Waals surface area contributed by atoms with Crippen molar-refractivity contribution in [3.63, 3.8) is 0 Å². The maximum Gasteiger partial charge on any atom is 0.280 e. The molecule has 0 aliphatic carbocycles. The van der Waals surface area contributed by atoms with Gasteiger partial charge in [-0.25, -0.2) is 0 Å². The van der Waals surface area contributed by atoms with E-state index in [2.05, 4.69) is 15.6 Å². The number of amides is 1. The van der Waals surface area contributed by atoms with Crippen LogP contribution in [0.25, 0.3) is 5.69 Å². The molecule has 0 saturated heterocycles. The highest BCUT2D eigenvalue weighted by molar-refractivity contribution is 6.30. The molecule has 0 saturated carbocycles. The van der Waals surface area contributed by atoms with Crippen LogP contribution in [0.4, 0.5) is 11.5 Å². The topological polar surface area (TPSA) is 85.8 Å². The van der Waals surface area contributed by atoms with E-state index in [0.29, 0.717) is 10.7 Å². The fraction of sp³-hybridized carbons (Fsp3) is 0.118. The number of hydrogen-bond donors (Lipinski definition) is 2. The molecule has 3 rings (SSSR count). The number of nitrogens with one attached hydrogen (secondary N) is 1. The lowest BCUT2D eigenvalue weighted by atomic mass is 10.1. The molecular weight excluding hydrogens is 326 g/mol. The van der Waals surface area contributed by atoms with Crippen LogP contribution in [0.2, 0.25) is 5.02 Å². The second-order valence-electron chi connectivity index (χ2n) is 5.48. The lowest BCUT2D eigenvalue weighted by molar-refractivity contribution is 0.102. The van der Waals surface area contributed by atoms with Crippen LogP contribution in [0.5, 0.6) is 0 Å². The number of benzene rings is 2. The third-order valence-corrected chi connectivity index (χ3v) is 3.88. The average Bonchev–Trinajstić information content (AvgIpc) is 2.93. The smallest absolute Gasteiger partial charge is 0.280 e. The first-order chi connectivity index (χ1) is 11.5. The van der Waals surface area contributed by atoms with Crippen molar-refractivity contribution >= 4 is 29.0 Å². The first-order valence-corrected chi connectivity index (χ1v) is 7.69. The monoisotopic (exact) mass is 341 g/mol. The van der Waals surface area contributed by atoms with Crippen LogP contribution in [-0.2, 0) is 0 Å². The quantitative estimate of drug-likeness (QED) is 0.764. The average molecular weight is 342 g/mol. The van der Waals surface area contributed by atoms with Crippen LogP contribution < -0.4 is 11.1 Å². The SMILES string of the molecule is Cc1ccc(C)c(NC(=O)c2nnn(-c3ccc(Cl)cc3)c2N)c1. The number of carbonyl (C=O) groups excluding carboxylic acids is 1. The Kier molecular flexibility index (Phi) is 4.22. The van der Waals surface area contributed by atoms with E-state index in [-0.39, 0.29) is 11.5 Å². The van der Waals surface area contributed by atoms with Crippen molar-refractivity contribution in [1.29, 1.82) is 0 Å². The molecule has 3 N–H and O–H groups in total. The molecular formula is C17H16ClN5O. The van der Waals surface area contributed by atoms with Gasteiger partial charge in [0.05, 0.1) is 5.69 Å². The van der Waals surface area contributed by atoms with Gasteiger partial charge in [0.15, 0.2) is 11.5 Å². The maximum absolute atomic E-state index is 12.5. The summed E-state index contributed by atoms with van der Waals surface area (Å²) < 4.78 is 1.40. The van der Waals surface area contributed by atoms with E-state index in [4.69, 9.17) is 17.3 Å². The van der Waals surface area contributed by atoms with Gasteiger partial charge in [-0.2, -0.15) is 4.68 Å². The van der Waals surface area contributed by atoms with Gasteiger partial charge in [0.25, 0.3) is 5.91 Å². The van der Waals surface area contributed by atoms with Gasteiger partial charge in [0.2, 0.25) is 0 Å². The molecule has 0 aliphatic rings. The van der Waals surface area contributed by atoms with E-state index in [0.717, 1.165) is 16.8 Å². The fourth-order valence-corrected chi connectivity index (χ4v) is 2.40. The molecule has 0 fully saturated rings. The van der Waals surface area contributed by atoms with E-state index in [1.165, 1.54) is 4.68 Å². The number of aryl methyl sites for hydroxylation is 2.